The molecule has 1 saturated heterocycles. The van der Waals surface area contributed by atoms with Gasteiger partial charge in [-0.1, -0.05) is 32.9 Å². The van der Waals surface area contributed by atoms with Crippen LogP contribution in [-0.4, -0.2) is 37.5 Å². The highest BCUT2D eigenvalue weighted by Gasteiger charge is 2.47. The Morgan fingerprint density at radius 1 is 0.951 bits per heavy atom. The third kappa shape index (κ3) is 5.80. The lowest BCUT2D eigenvalue weighted by Crippen LogP contribution is -2.29. The van der Waals surface area contributed by atoms with Crippen LogP contribution in [0.2, 0.25) is 0 Å². The van der Waals surface area contributed by atoms with Crippen molar-refractivity contribution in [2.75, 3.05) is 30.5 Å². The summed E-state index contributed by atoms with van der Waals surface area (Å²) in [6.45, 7) is 8.28. The number of rotatable bonds is 6. The zero-order valence-corrected chi connectivity index (χ0v) is 23.8. The Kier molecular flexibility index (Phi) is 7.94. The van der Waals surface area contributed by atoms with Gasteiger partial charge < -0.3 is 14.7 Å². The number of hydrogen-bond acceptors (Lipinski definition) is 5. The summed E-state index contributed by atoms with van der Waals surface area (Å²) in [6, 6.07) is 15.1. The molecule has 1 unspecified atom stereocenters. The number of Topliss-reactive ketones (excluding diaryl/α,β-unsaturated/α-hetero) is 1. The average molecular weight is 567 g/mol. The Labute approximate surface area is 237 Å². The lowest BCUT2D eigenvalue weighted by Gasteiger charge is -2.27. The van der Waals surface area contributed by atoms with Gasteiger partial charge in [-0.05, 0) is 72.5 Å². The van der Waals surface area contributed by atoms with Gasteiger partial charge in [0.25, 0.3) is 11.7 Å². The Morgan fingerprint density at radius 2 is 1.56 bits per heavy atom. The van der Waals surface area contributed by atoms with E-state index in [4.69, 9.17) is 4.74 Å². The zero-order valence-electron chi connectivity index (χ0n) is 23.8. The summed E-state index contributed by atoms with van der Waals surface area (Å²) in [5.74, 6) is -1.63. The first-order chi connectivity index (χ1) is 19.1. The van der Waals surface area contributed by atoms with Crippen LogP contribution in [0, 0.1) is 0 Å². The standard InChI is InChI=1S/C32H33F3N2O4/c1-7-41-25-17-10-20(18-24(25)31(2,3)4)28(38)26-27(19-8-13-22(14-9-19)36(5)6)37(30(40)29(26)39)23-15-11-21(12-16-23)32(33,34)35/h8-18,27,38H,7H2,1-6H3/b28-26-. The maximum Gasteiger partial charge on any atom is 0.416 e. The fourth-order valence-corrected chi connectivity index (χ4v) is 4.88. The van der Waals surface area contributed by atoms with Gasteiger partial charge in [-0.15, -0.1) is 0 Å². The zero-order chi connectivity index (χ0) is 30.3. The predicted molar refractivity (Wildman–Crippen MR) is 153 cm³/mol. The first kappa shape index (κ1) is 29.7. The Morgan fingerprint density at radius 3 is 2.07 bits per heavy atom. The molecule has 0 spiro atoms. The number of alkyl halides is 3. The monoisotopic (exact) mass is 566 g/mol. The van der Waals surface area contributed by atoms with E-state index < -0.39 is 29.5 Å². The number of ether oxygens (including phenoxy) is 1. The predicted octanol–water partition coefficient (Wildman–Crippen LogP) is 7.09. The number of carbonyl (C=O) groups is 2. The molecule has 0 saturated carbocycles. The molecule has 1 atom stereocenters. The van der Waals surface area contributed by atoms with Crippen LogP contribution in [0.1, 0.15) is 56.0 Å². The number of aliphatic hydroxyl groups excluding tert-OH is 1. The van der Waals surface area contributed by atoms with Gasteiger partial charge in [0.2, 0.25) is 0 Å². The van der Waals surface area contributed by atoms with E-state index in [0.717, 1.165) is 40.4 Å². The molecule has 3 aromatic carbocycles. The Balaban J connectivity index is 1.93. The summed E-state index contributed by atoms with van der Waals surface area (Å²) >= 11 is 0. The summed E-state index contributed by atoms with van der Waals surface area (Å²) < 4.78 is 45.5. The van der Waals surface area contributed by atoms with Gasteiger partial charge in [0.1, 0.15) is 11.5 Å². The molecular weight excluding hydrogens is 533 g/mol. The van der Waals surface area contributed by atoms with Crippen LogP contribution in [0.3, 0.4) is 0 Å². The molecule has 1 aliphatic rings. The van der Waals surface area contributed by atoms with Crippen molar-refractivity contribution in [1.82, 2.24) is 0 Å². The van der Waals surface area contributed by atoms with Crippen molar-refractivity contribution in [1.29, 1.82) is 0 Å². The van der Waals surface area contributed by atoms with Crippen molar-refractivity contribution in [3.63, 3.8) is 0 Å². The van der Waals surface area contributed by atoms with E-state index >= 15 is 0 Å². The molecule has 1 heterocycles. The highest BCUT2D eigenvalue weighted by molar-refractivity contribution is 6.51. The van der Waals surface area contributed by atoms with Crippen LogP contribution in [0.15, 0.2) is 72.3 Å². The van der Waals surface area contributed by atoms with Crippen LogP contribution in [0.5, 0.6) is 5.75 Å². The molecule has 1 aliphatic heterocycles. The van der Waals surface area contributed by atoms with Crippen molar-refractivity contribution in [3.05, 3.63) is 94.6 Å². The molecular formula is C32H33F3N2O4. The quantitative estimate of drug-likeness (QED) is 0.196. The molecule has 6 nitrogen and oxygen atoms in total. The number of aliphatic hydroxyl groups is 1. The fraction of sp³-hybridized carbons (Fsp3) is 0.312. The number of nitrogens with zero attached hydrogens (tertiary/aromatic N) is 2. The number of halogens is 3. The topological polar surface area (TPSA) is 70.1 Å². The largest absolute Gasteiger partial charge is 0.507 e. The van der Waals surface area contributed by atoms with Gasteiger partial charge in [0.15, 0.2) is 0 Å². The fourth-order valence-electron chi connectivity index (χ4n) is 4.88. The molecule has 41 heavy (non-hydrogen) atoms. The number of benzene rings is 3. The van der Waals surface area contributed by atoms with E-state index in [-0.39, 0.29) is 22.4 Å². The molecule has 3 aromatic rings. The van der Waals surface area contributed by atoms with E-state index in [0.29, 0.717) is 23.5 Å². The number of amides is 1. The minimum absolute atomic E-state index is 0.0999. The summed E-state index contributed by atoms with van der Waals surface area (Å²) in [6.07, 6.45) is -4.56. The maximum atomic E-state index is 13.5. The van der Waals surface area contributed by atoms with Crippen LogP contribution >= 0.6 is 0 Å². The molecule has 0 bridgehead atoms. The van der Waals surface area contributed by atoms with Crippen molar-refractivity contribution in [2.45, 2.75) is 45.3 Å². The second kappa shape index (κ2) is 11.0. The van der Waals surface area contributed by atoms with Crippen molar-refractivity contribution in [2.24, 2.45) is 0 Å². The first-order valence-corrected chi connectivity index (χ1v) is 13.2. The van der Waals surface area contributed by atoms with Gasteiger partial charge in [-0.3, -0.25) is 14.5 Å². The highest BCUT2D eigenvalue weighted by Crippen LogP contribution is 2.44. The van der Waals surface area contributed by atoms with Gasteiger partial charge in [-0.2, -0.15) is 13.2 Å². The van der Waals surface area contributed by atoms with E-state index in [1.807, 2.05) is 46.7 Å². The average Bonchev–Trinajstić information content (AvgIpc) is 3.17. The van der Waals surface area contributed by atoms with Crippen molar-refractivity contribution in [3.8, 4) is 5.75 Å². The molecule has 216 valence electrons. The number of carbonyl (C=O) groups excluding carboxylic acids is 2. The third-order valence-electron chi connectivity index (χ3n) is 7.00. The Hall–Kier alpha value is -4.27. The molecule has 9 heteroatoms. The summed E-state index contributed by atoms with van der Waals surface area (Å²) in [4.78, 5) is 30.0. The molecule has 0 aliphatic carbocycles. The Bertz CT molecular complexity index is 1490. The SMILES string of the molecule is CCOc1ccc(/C(O)=C2/C(=O)C(=O)N(c3ccc(C(F)(F)F)cc3)C2c2ccc(N(C)C)cc2)cc1C(C)(C)C. The molecule has 4 rings (SSSR count). The second-order valence-corrected chi connectivity index (χ2v) is 11.1. The van der Waals surface area contributed by atoms with E-state index in [2.05, 4.69) is 0 Å². The van der Waals surface area contributed by atoms with Crippen LogP contribution in [-0.2, 0) is 21.2 Å². The lowest BCUT2D eigenvalue weighted by atomic mass is 9.84. The second-order valence-electron chi connectivity index (χ2n) is 11.1. The lowest BCUT2D eigenvalue weighted by molar-refractivity contribution is -0.137. The maximum absolute atomic E-state index is 13.5. The van der Waals surface area contributed by atoms with E-state index in [9.17, 15) is 27.9 Å². The van der Waals surface area contributed by atoms with Gasteiger partial charge in [-0.25, -0.2) is 0 Å². The van der Waals surface area contributed by atoms with Crippen LogP contribution in [0.25, 0.3) is 5.76 Å². The molecule has 1 amide bonds. The summed E-state index contributed by atoms with van der Waals surface area (Å²) in [7, 11) is 3.73. The van der Waals surface area contributed by atoms with Crippen LogP contribution < -0.4 is 14.5 Å². The minimum Gasteiger partial charge on any atom is -0.507 e. The highest BCUT2D eigenvalue weighted by atomic mass is 19.4. The number of hydrogen-bond donors (Lipinski definition) is 1. The normalized spacial score (nSPS) is 17.2. The van der Waals surface area contributed by atoms with Crippen molar-refractivity contribution >= 4 is 28.8 Å². The number of ketones is 1. The molecule has 1 N–H and O–H groups in total. The van der Waals surface area contributed by atoms with Crippen molar-refractivity contribution < 1.29 is 32.6 Å². The van der Waals surface area contributed by atoms with Crippen LogP contribution in [0.4, 0.5) is 24.5 Å². The van der Waals surface area contributed by atoms with E-state index in [1.165, 1.54) is 0 Å². The molecule has 0 aromatic heterocycles. The van der Waals surface area contributed by atoms with Gasteiger partial charge in [0, 0.05) is 36.6 Å². The third-order valence-corrected chi connectivity index (χ3v) is 7.00. The van der Waals surface area contributed by atoms with E-state index in [1.54, 1.807) is 42.5 Å². The first-order valence-electron chi connectivity index (χ1n) is 13.2. The summed E-state index contributed by atoms with van der Waals surface area (Å²) in [5.41, 5.74) is 1.19. The number of anilines is 2. The smallest absolute Gasteiger partial charge is 0.416 e. The molecule has 1 fully saturated rings. The summed E-state index contributed by atoms with van der Waals surface area (Å²) in [5, 5.41) is 11.6. The van der Waals surface area contributed by atoms with Gasteiger partial charge >= 0.3 is 6.18 Å². The minimum atomic E-state index is -4.56. The molecule has 0 radical (unpaired) electrons. The van der Waals surface area contributed by atoms with Gasteiger partial charge in [0.05, 0.1) is 23.8 Å².